The maximum absolute atomic E-state index is 13.7. The van der Waals surface area contributed by atoms with Crippen LogP contribution in [0.15, 0.2) is 35.9 Å². The van der Waals surface area contributed by atoms with Crippen molar-refractivity contribution in [3.8, 4) is 0 Å². The molecule has 1 aliphatic carbocycles. The second kappa shape index (κ2) is 9.62. The summed E-state index contributed by atoms with van der Waals surface area (Å²) >= 11 is 0. The van der Waals surface area contributed by atoms with Crippen LogP contribution in [0.4, 0.5) is 0 Å². The number of rotatable bonds is 8. The maximum atomic E-state index is 13.7. The van der Waals surface area contributed by atoms with Gasteiger partial charge >= 0.3 is 0 Å². The zero-order valence-corrected chi connectivity index (χ0v) is 20.4. The monoisotopic (exact) mass is 410 g/mol. The standard InChI is InChI=1S/C28H42O2/c1-19(18-29)16-24(25-20(2)10-9-15-28(25,7)8)26(30)21(3)17-22-11-13-23(14-12-22)27(4,5)6/h10-14,18-19,21,24-25H,9,15-17H2,1-8H3. The van der Waals surface area contributed by atoms with Crippen molar-refractivity contribution >= 4 is 12.1 Å². The Morgan fingerprint density at radius 3 is 2.27 bits per heavy atom. The number of allylic oxidation sites excluding steroid dienone is 2. The number of benzene rings is 1. The molecule has 2 rings (SSSR count). The summed E-state index contributed by atoms with van der Waals surface area (Å²) in [6.07, 6.45) is 6.88. The van der Waals surface area contributed by atoms with Gasteiger partial charge in [-0.05, 0) is 60.5 Å². The highest BCUT2D eigenvalue weighted by Crippen LogP contribution is 2.47. The van der Waals surface area contributed by atoms with E-state index < -0.39 is 0 Å². The Bertz CT molecular complexity index is 761. The summed E-state index contributed by atoms with van der Waals surface area (Å²) in [6.45, 7) is 17.4. The van der Waals surface area contributed by atoms with Gasteiger partial charge in [0, 0.05) is 17.8 Å². The molecule has 0 saturated heterocycles. The Hall–Kier alpha value is -1.70. The molecule has 0 saturated carbocycles. The molecule has 2 nitrogen and oxygen atoms in total. The minimum absolute atomic E-state index is 0.0557. The Balaban J connectivity index is 2.25. The molecule has 0 amide bonds. The van der Waals surface area contributed by atoms with Gasteiger partial charge in [0.2, 0.25) is 0 Å². The molecule has 0 spiro atoms. The summed E-state index contributed by atoms with van der Waals surface area (Å²) in [6, 6.07) is 8.72. The third kappa shape index (κ3) is 5.93. The first-order valence-corrected chi connectivity index (χ1v) is 11.6. The topological polar surface area (TPSA) is 34.1 Å². The highest BCUT2D eigenvalue weighted by atomic mass is 16.1. The molecule has 2 heteroatoms. The zero-order valence-electron chi connectivity index (χ0n) is 20.4. The van der Waals surface area contributed by atoms with Gasteiger partial charge in [0.25, 0.3) is 0 Å². The fourth-order valence-corrected chi connectivity index (χ4v) is 5.27. The molecule has 0 N–H and O–H groups in total. The van der Waals surface area contributed by atoms with E-state index in [1.807, 2.05) is 6.92 Å². The van der Waals surface area contributed by atoms with E-state index in [1.54, 1.807) is 0 Å². The van der Waals surface area contributed by atoms with Gasteiger partial charge in [-0.2, -0.15) is 0 Å². The van der Waals surface area contributed by atoms with Gasteiger partial charge in [-0.25, -0.2) is 0 Å². The molecule has 30 heavy (non-hydrogen) atoms. The van der Waals surface area contributed by atoms with Crippen molar-refractivity contribution in [3.05, 3.63) is 47.0 Å². The van der Waals surface area contributed by atoms with Crippen LogP contribution in [0.3, 0.4) is 0 Å². The first-order valence-electron chi connectivity index (χ1n) is 11.6. The van der Waals surface area contributed by atoms with Crippen LogP contribution >= 0.6 is 0 Å². The number of Topliss-reactive ketones (excluding diaryl/α,β-unsaturated/α-hetero) is 1. The van der Waals surface area contributed by atoms with Gasteiger partial charge < -0.3 is 4.79 Å². The van der Waals surface area contributed by atoms with Crippen LogP contribution < -0.4 is 0 Å². The molecule has 0 radical (unpaired) electrons. The Kier molecular flexibility index (Phi) is 7.88. The van der Waals surface area contributed by atoms with Crippen LogP contribution in [-0.2, 0) is 21.4 Å². The maximum Gasteiger partial charge on any atom is 0.139 e. The first kappa shape index (κ1) is 24.6. The molecule has 0 fully saturated rings. The lowest BCUT2D eigenvalue weighted by Gasteiger charge is -2.43. The lowest BCUT2D eigenvalue weighted by molar-refractivity contribution is -0.130. The Morgan fingerprint density at radius 1 is 1.17 bits per heavy atom. The lowest BCUT2D eigenvalue weighted by atomic mass is 9.60. The molecule has 4 unspecified atom stereocenters. The van der Waals surface area contributed by atoms with Gasteiger partial charge in [0.1, 0.15) is 12.1 Å². The first-order chi connectivity index (χ1) is 13.9. The number of aldehydes is 1. The van der Waals surface area contributed by atoms with Gasteiger partial charge in [-0.1, -0.05) is 84.4 Å². The number of hydrogen-bond acceptors (Lipinski definition) is 2. The predicted molar refractivity (Wildman–Crippen MR) is 127 cm³/mol. The van der Waals surface area contributed by atoms with E-state index in [9.17, 15) is 9.59 Å². The van der Waals surface area contributed by atoms with E-state index in [2.05, 4.69) is 78.8 Å². The van der Waals surface area contributed by atoms with Crippen LogP contribution in [0.2, 0.25) is 0 Å². The minimum atomic E-state index is -0.0967. The fourth-order valence-electron chi connectivity index (χ4n) is 5.27. The van der Waals surface area contributed by atoms with E-state index in [-0.39, 0.29) is 34.5 Å². The summed E-state index contributed by atoms with van der Waals surface area (Å²) < 4.78 is 0. The Labute approximate surface area is 184 Å². The van der Waals surface area contributed by atoms with Gasteiger partial charge in [0.05, 0.1) is 0 Å². The third-order valence-corrected chi connectivity index (χ3v) is 7.06. The van der Waals surface area contributed by atoms with Crippen molar-refractivity contribution in [2.45, 2.75) is 86.5 Å². The van der Waals surface area contributed by atoms with Crippen molar-refractivity contribution in [2.24, 2.45) is 29.1 Å². The molecule has 0 heterocycles. The largest absolute Gasteiger partial charge is 0.303 e. The molecule has 0 aromatic heterocycles. The molecule has 166 valence electrons. The molecular formula is C28H42O2. The second-order valence-corrected chi connectivity index (χ2v) is 11.4. The van der Waals surface area contributed by atoms with Crippen LogP contribution in [0, 0.1) is 29.1 Å². The fraction of sp³-hybridized carbons (Fsp3) is 0.643. The van der Waals surface area contributed by atoms with E-state index in [0.717, 1.165) is 25.5 Å². The average Bonchev–Trinajstić information content (AvgIpc) is 2.65. The smallest absolute Gasteiger partial charge is 0.139 e. The summed E-state index contributed by atoms with van der Waals surface area (Å²) in [5, 5.41) is 0. The molecular weight excluding hydrogens is 368 g/mol. The van der Waals surface area contributed by atoms with E-state index in [4.69, 9.17) is 0 Å². The van der Waals surface area contributed by atoms with Crippen molar-refractivity contribution in [2.75, 3.05) is 0 Å². The van der Waals surface area contributed by atoms with E-state index in [0.29, 0.717) is 12.2 Å². The van der Waals surface area contributed by atoms with E-state index >= 15 is 0 Å². The minimum Gasteiger partial charge on any atom is -0.303 e. The summed E-state index contributed by atoms with van der Waals surface area (Å²) in [7, 11) is 0. The lowest BCUT2D eigenvalue weighted by Crippen LogP contribution is -2.40. The van der Waals surface area contributed by atoms with Crippen molar-refractivity contribution in [1.82, 2.24) is 0 Å². The number of carbonyl (C=O) groups is 2. The predicted octanol–water partition coefficient (Wildman–Crippen LogP) is 6.96. The second-order valence-electron chi connectivity index (χ2n) is 11.4. The van der Waals surface area contributed by atoms with Gasteiger partial charge in [-0.3, -0.25) is 4.79 Å². The van der Waals surface area contributed by atoms with Crippen molar-refractivity contribution in [1.29, 1.82) is 0 Å². The normalized spacial score (nSPS) is 22.0. The average molecular weight is 411 g/mol. The van der Waals surface area contributed by atoms with Crippen LogP contribution in [-0.4, -0.2) is 12.1 Å². The van der Waals surface area contributed by atoms with Gasteiger partial charge in [0.15, 0.2) is 0 Å². The number of hydrogen-bond donors (Lipinski definition) is 0. The Morgan fingerprint density at radius 2 is 1.77 bits per heavy atom. The summed E-state index contributed by atoms with van der Waals surface area (Å²) in [5.41, 5.74) is 4.06. The van der Waals surface area contributed by atoms with Crippen molar-refractivity contribution in [3.63, 3.8) is 0 Å². The van der Waals surface area contributed by atoms with E-state index in [1.165, 1.54) is 16.7 Å². The van der Waals surface area contributed by atoms with Crippen LogP contribution in [0.5, 0.6) is 0 Å². The highest BCUT2D eigenvalue weighted by molar-refractivity contribution is 5.84. The molecule has 1 aromatic carbocycles. The van der Waals surface area contributed by atoms with Crippen LogP contribution in [0.25, 0.3) is 0 Å². The molecule has 1 aliphatic rings. The molecule has 0 aliphatic heterocycles. The summed E-state index contributed by atoms with van der Waals surface area (Å²) in [4.78, 5) is 25.2. The van der Waals surface area contributed by atoms with Gasteiger partial charge in [-0.15, -0.1) is 0 Å². The number of ketones is 1. The quantitative estimate of drug-likeness (QED) is 0.343. The third-order valence-electron chi connectivity index (χ3n) is 7.06. The molecule has 4 atom stereocenters. The van der Waals surface area contributed by atoms with Crippen LogP contribution in [0.1, 0.15) is 85.8 Å². The molecule has 1 aromatic rings. The highest BCUT2D eigenvalue weighted by Gasteiger charge is 2.42. The SMILES string of the molecule is CC1=CCCC(C)(C)C1C(CC(C)C=O)C(=O)C(C)Cc1ccc(C(C)(C)C)cc1. The molecule has 0 bridgehead atoms. The summed E-state index contributed by atoms with van der Waals surface area (Å²) in [5.74, 6) is 0.284. The number of carbonyl (C=O) groups excluding carboxylic acids is 2. The van der Waals surface area contributed by atoms with Crippen molar-refractivity contribution < 1.29 is 9.59 Å². The zero-order chi connectivity index (χ0) is 22.7.